The van der Waals surface area contributed by atoms with E-state index in [1.165, 1.54) is 24.3 Å². The first kappa shape index (κ1) is 16.4. The topological polar surface area (TPSA) is 84.9 Å². The van der Waals surface area contributed by atoms with E-state index < -0.39 is 11.9 Å². The Morgan fingerprint density at radius 3 is 2.52 bits per heavy atom. The Bertz CT molecular complexity index is 682. The lowest BCUT2D eigenvalue weighted by molar-refractivity contribution is -0.124. The average Bonchev–Trinajstić information content (AvgIpc) is 2.58. The van der Waals surface area contributed by atoms with Crippen molar-refractivity contribution < 1.29 is 24.2 Å². The summed E-state index contributed by atoms with van der Waals surface area (Å²) in [5.74, 6) is -0.377. The van der Waals surface area contributed by atoms with Gasteiger partial charge in [0, 0.05) is 6.54 Å². The second-order valence-electron chi connectivity index (χ2n) is 4.75. The van der Waals surface area contributed by atoms with Crippen molar-refractivity contribution in [1.29, 1.82) is 0 Å². The molecule has 2 N–H and O–H groups in total. The van der Waals surface area contributed by atoms with E-state index >= 15 is 0 Å². The number of phenols is 1. The normalized spacial score (nSPS) is 9.96. The lowest BCUT2D eigenvalue weighted by Gasteiger charge is -2.07. The molecule has 0 spiro atoms. The number of carbonyl (C=O) groups is 2. The maximum atomic E-state index is 11.7. The van der Waals surface area contributed by atoms with Gasteiger partial charge in [-0.2, -0.15) is 0 Å². The lowest BCUT2D eigenvalue weighted by Crippen LogP contribution is -2.28. The number of aromatic hydroxyl groups is 1. The van der Waals surface area contributed by atoms with E-state index in [4.69, 9.17) is 9.47 Å². The molecule has 0 saturated carbocycles. The third kappa shape index (κ3) is 5.03. The van der Waals surface area contributed by atoms with Crippen molar-refractivity contribution >= 4 is 11.9 Å². The van der Waals surface area contributed by atoms with Gasteiger partial charge in [0.05, 0.1) is 12.7 Å². The average molecular weight is 315 g/mol. The molecule has 2 aromatic rings. The van der Waals surface area contributed by atoms with Crippen molar-refractivity contribution in [2.75, 3.05) is 13.7 Å². The Kier molecular flexibility index (Phi) is 5.57. The van der Waals surface area contributed by atoms with Crippen LogP contribution in [0.25, 0.3) is 0 Å². The zero-order chi connectivity index (χ0) is 16.7. The molecule has 0 radical (unpaired) electrons. The van der Waals surface area contributed by atoms with Gasteiger partial charge in [-0.15, -0.1) is 0 Å². The summed E-state index contributed by atoms with van der Waals surface area (Å²) in [6.07, 6.45) is 0. The number of methoxy groups -OCH3 is 1. The van der Waals surface area contributed by atoms with E-state index in [-0.39, 0.29) is 17.9 Å². The second-order valence-corrected chi connectivity index (χ2v) is 4.75. The highest BCUT2D eigenvalue weighted by Gasteiger charge is 2.10. The highest BCUT2D eigenvalue weighted by Crippen LogP contribution is 2.12. The van der Waals surface area contributed by atoms with Crippen molar-refractivity contribution in [3.63, 3.8) is 0 Å². The van der Waals surface area contributed by atoms with Crippen LogP contribution in [0, 0.1) is 0 Å². The van der Waals surface area contributed by atoms with Gasteiger partial charge in [-0.05, 0) is 35.9 Å². The third-order valence-corrected chi connectivity index (χ3v) is 3.06. The Morgan fingerprint density at radius 1 is 1.13 bits per heavy atom. The molecule has 0 atom stereocenters. The molecule has 0 aliphatic rings. The fourth-order valence-electron chi connectivity index (χ4n) is 1.84. The Hall–Kier alpha value is -3.02. The third-order valence-electron chi connectivity index (χ3n) is 3.06. The van der Waals surface area contributed by atoms with E-state index in [1.807, 2.05) is 12.1 Å². The predicted octanol–water partition coefficient (Wildman–Crippen LogP) is 1.87. The van der Waals surface area contributed by atoms with Crippen molar-refractivity contribution in [2.24, 2.45) is 0 Å². The minimum Gasteiger partial charge on any atom is -0.508 e. The number of ether oxygens (including phenoxy) is 2. The Balaban J connectivity index is 1.77. The van der Waals surface area contributed by atoms with Crippen LogP contribution >= 0.6 is 0 Å². The molecule has 0 unspecified atom stereocenters. The zero-order valence-electron chi connectivity index (χ0n) is 12.6. The smallest absolute Gasteiger partial charge is 0.338 e. The number of esters is 1. The van der Waals surface area contributed by atoms with Gasteiger partial charge in [0.25, 0.3) is 5.91 Å². The fraction of sp³-hybridized carbons (Fsp3) is 0.176. The first-order valence-electron chi connectivity index (χ1n) is 6.94. The highest BCUT2D eigenvalue weighted by molar-refractivity contribution is 5.91. The van der Waals surface area contributed by atoms with E-state index in [9.17, 15) is 14.7 Å². The van der Waals surface area contributed by atoms with Crippen LogP contribution in [0.5, 0.6) is 11.5 Å². The number of phenolic OH excluding ortho intramolecular Hbond substituents is 1. The van der Waals surface area contributed by atoms with Crippen LogP contribution in [0.1, 0.15) is 15.9 Å². The summed E-state index contributed by atoms with van der Waals surface area (Å²) in [7, 11) is 1.58. The van der Waals surface area contributed by atoms with Gasteiger partial charge in [-0.1, -0.05) is 18.2 Å². The quantitative estimate of drug-likeness (QED) is 0.795. The molecule has 120 valence electrons. The first-order valence-corrected chi connectivity index (χ1v) is 6.94. The van der Waals surface area contributed by atoms with Crippen LogP contribution in [-0.2, 0) is 16.1 Å². The molecular formula is C17H17NO5. The van der Waals surface area contributed by atoms with E-state index in [1.54, 1.807) is 19.2 Å². The first-order chi connectivity index (χ1) is 11.1. The molecule has 1 amide bonds. The standard InChI is InChI=1S/C17H17NO5/c1-22-15-7-5-12(6-8-15)10-18-16(20)11-23-17(21)13-3-2-4-14(19)9-13/h2-9,19H,10-11H2,1H3,(H,18,20). The molecule has 0 saturated heterocycles. The second kappa shape index (κ2) is 7.84. The van der Waals surface area contributed by atoms with Crippen LogP contribution in [0.4, 0.5) is 0 Å². The molecule has 6 heteroatoms. The van der Waals surface area contributed by atoms with Crippen LogP contribution in [0.15, 0.2) is 48.5 Å². The number of rotatable bonds is 6. The van der Waals surface area contributed by atoms with Gasteiger partial charge in [0.1, 0.15) is 11.5 Å². The van der Waals surface area contributed by atoms with Gasteiger partial charge in [-0.25, -0.2) is 4.79 Å². The summed E-state index contributed by atoms with van der Waals surface area (Å²) in [5, 5.41) is 11.9. The van der Waals surface area contributed by atoms with E-state index in [2.05, 4.69) is 5.32 Å². The number of benzene rings is 2. The molecule has 0 aromatic heterocycles. The van der Waals surface area contributed by atoms with Crippen LogP contribution < -0.4 is 10.1 Å². The molecular weight excluding hydrogens is 298 g/mol. The summed E-state index contributed by atoms with van der Waals surface area (Å²) in [4.78, 5) is 23.4. The fourth-order valence-corrected chi connectivity index (χ4v) is 1.84. The van der Waals surface area contributed by atoms with Crippen LogP contribution in [0.2, 0.25) is 0 Å². The number of hydrogen-bond acceptors (Lipinski definition) is 5. The number of nitrogens with one attached hydrogen (secondary N) is 1. The van der Waals surface area contributed by atoms with Crippen LogP contribution in [0.3, 0.4) is 0 Å². The Labute approximate surface area is 133 Å². The monoisotopic (exact) mass is 315 g/mol. The van der Waals surface area contributed by atoms with Gasteiger partial charge in [0.15, 0.2) is 6.61 Å². The summed E-state index contributed by atoms with van der Waals surface area (Å²) in [6, 6.07) is 13.0. The largest absolute Gasteiger partial charge is 0.508 e. The minimum absolute atomic E-state index is 0.0385. The summed E-state index contributed by atoms with van der Waals surface area (Å²) < 4.78 is 9.94. The van der Waals surface area contributed by atoms with Gasteiger partial charge >= 0.3 is 5.97 Å². The molecule has 2 rings (SSSR count). The van der Waals surface area contributed by atoms with Crippen molar-refractivity contribution in [3.05, 3.63) is 59.7 Å². The summed E-state index contributed by atoms with van der Waals surface area (Å²) >= 11 is 0. The zero-order valence-corrected chi connectivity index (χ0v) is 12.6. The van der Waals surface area contributed by atoms with Gasteiger partial charge < -0.3 is 19.9 Å². The maximum Gasteiger partial charge on any atom is 0.338 e. The molecule has 2 aromatic carbocycles. The van der Waals surface area contributed by atoms with Gasteiger partial charge in [0.2, 0.25) is 0 Å². The van der Waals surface area contributed by atoms with Crippen LogP contribution in [-0.4, -0.2) is 30.7 Å². The Morgan fingerprint density at radius 2 is 1.87 bits per heavy atom. The number of amides is 1. The molecule has 0 heterocycles. The molecule has 0 bridgehead atoms. The number of carbonyl (C=O) groups excluding carboxylic acids is 2. The van der Waals surface area contributed by atoms with Crippen molar-refractivity contribution in [2.45, 2.75) is 6.54 Å². The molecule has 23 heavy (non-hydrogen) atoms. The summed E-state index contributed by atoms with van der Waals surface area (Å²) in [6.45, 7) is -0.0584. The van der Waals surface area contributed by atoms with E-state index in [0.717, 1.165) is 11.3 Å². The SMILES string of the molecule is COc1ccc(CNC(=O)COC(=O)c2cccc(O)c2)cc1. The summed E-state index contributed by atoms with van der Waals surface area (Å²) in [5.41, 5.74) is 1.09. The lowest BCUT2D eigenvalue weighted by atomic mass is 10.2. The minimum atomic E-state index is -0.666. The van der Waals surface area contributed by atoms with Crippen molar-refractivity contribution in [3.8, 4) is 11.5 Å². The molecule has 0 aliphatic heterocycles. The maximum absolute atomic E-state index is 11.7. The van der Waals surface area contributed by atoms with E-state index in [0.29, 0.717) is 6.54 Å². The molecule has 0 aliphatic carbocycles. The highest BCUT2D eigenvalue weighted by atomic mass is 16.5. The van der Waals surface area contributed by atoms with Gasteiger partial charge in [-0.3, -0.25) is 4.79 Å². The number of hydrogen-bond donors (Lipinski definition) is 2. The van der Waals surface area contributed by atoms with Crippen molar-refractivity contribution in [1.82, 2.24) is 5.32 Å². The molecule has 0 fully saturated rings. The predicted molar refractivity (Wildman–Crippen MR) is 83.2 cm³/mol. The molecule has 6 nitrogen and oxygen atoms in total.